The largest absolute Gasteiger partial charge is 0.392 e. The van der Waals surface area contributed by atoms with E-state index in [4.69, 9.17) is 15.5 Å². The summed E-state index contributed by atoms with van der Waals surface area (Å²) in [7, 11) is 0. The van der Waals surface area contributed by atoms with Crippen molar-refractivity contribution in [2.45, 2.75) is 18.8 Å². The van der Waals surface area contributed by atoms with Crippen molar-refractivity contribution in [1.82, 2.24) is 0 Å². The monoisotopic (exact) mass is 193 g/mol. The lowest BCUT2D eigenvalue weighted by atomic mass is 10.0. The van der Waals surface area contributed by atoms with Gasteiger partial charge in [-0.05, 0) is 11.1 Å². The molecule has 0 aliphatic rings. The molecule has 0 heterocycles. The van der Waals surface area contributed by atoms with Crippen LogP contribution in [0.2, 0.25) is 0 Å². The van der Waals surface area contributed by atoms with Crippen molar-refractivity contribution in [2.75, 3.05) is 0 Å². The van der Waals surface area contributed by atoms with Crippen LogP contribution < -0.4 is 0 Å². The SMILES string of the molecule is N#CC(O)C(O)c1cccc(CO)c1. The van der Waals surface area contributed by atoms with Crippen LogP contribution in [0, 0.1) is 11.3 Å². The van der Waals surface area contributed by atoms with E-state index < -0.39 is 12.2 Å². The highest BCUT2D eigenvalue weighted by Gasteiger charge is 2.17. The molecule has 1 aromatic rings. The van der Waals surface area contributed by atoms with Crippen LogP contribution in [0.5, 0.6) is 0 Å². The molecule has 3 N–H and O–H groups in total. The first-order valence-electron chi connectivity index (χ1n) is 4.14. The first-order chi connectivity index (χ1) is 6.69. The lowest BCUT2D eigenvalue weighted by Gasteiger charge is -2.12. The number of rotatable bonds is 3. The Labute approximate surface area is 81.7 Å². The Hall–Kier alpha value is -1.41. The van der Waals surface area contributed by atoms with E-state index in [1.807, 2.05) is 0 Å². The second-order valence-electron chi connectivity index (χ2n) is 2.92. The zero-order chi connectivity index (χ0) is 10.6. The Bertz CT molecular complexity index is 345. The maximum absolute atomic E-state index is 9.45. The van der Waals surface area contributed by atoms with E-state index in [0.29, 0.717) is 11.1 Å². The number of hydrogen-bond donors (Lipinski definition) is 3. The molecule has 0 aliphatic carbocycles. The standard InChI is InChI=1S/C10H11NO3/c11-5-9(13)10(14)8-3-1-2-7(4-8)6-12/h1-4,9-10,12-14H,6H2. The van der Waals surface area contributed by atoms with E-state index in [2.05, 4.69) is 0 Å². The van der Waals surface area contributed by atoms with Gasteiger partial charge in [-0.15, -0.1) is 0 Å². The summed E-state index contributed by atoms with van der Waals surface area (Å²) < 4.78 is 0. The fourth-order valence-electron chi connectivity index (χ4n) is 1.13. The zero-order valence-electron chi connectivity index (χ0n) is 7.46. The molecular weight excluding hydrogens is 182 g/mol. The van der Waals surface area contributed by atoms with E-state index in [1.54, 1.807) is 30.3 Å². The van der Waals surface area contributed by atoms with Gasteiger partial charge in [0.1, 0.15) is 6.10 Å². The molecule has 4 nitrogen and oxygen atoms in total. The van der Waals surface area contributed by atoms with Crippen LogP contribution in [-0.4, -0.2) is 21.4 Å². The van der Waals surface area contributed by atoms with Gasteiger partial charge in [-0.2, -0.15) is 5.26 Å². The summed E-state index contributed by atoms with van der Waals surface area (Å²) in [5, 5.41) is 35.7. The van der Waals surface area contributed by atoms with Crippen LogP contribution in [0.3, 0.4) is 0 Å². The molecule has 4 heteroatoms. The van der Waals surface area contributed by atoms with E-state index in [9.17, 15) is 5.11 Å². The highest BCUT2D eigenvalue weighted by atomic mass is 16.3. The minimum Gasteiger partial charge on any atom is -0.392 e. The van der Waals surface area contributed by atoms with Crippen LogP contribution >= 0.6 is 0 Å². The van der Waals surface area contributed by atoms with Crippen LogP contribution in [0.15, 0.2) is 24.3 Å². The quantitative estimate of drug-likeness (QED) is 0.594. The number of aliphatic hydroxyl groups is 3. The van der Waals surface area contributed by atoms with Crippen LogP contribution in [0.4, 0.5) is 0 Å². The number of hydrogen-bond acceptors (Lipinski definition) is 4. The van der Waals surface area contributed by atoms with Gasteiger partial charge in [-0.1, -0.05) is 24.3 Å². The van der Waals surface area contributed by atoms with E-state index in [0.717, 1.165) is 0 Å². The van der Waals surface area contributed by atoms with Gasteiger partial charge in [0.05, 0.1) is 12.7 Å². The first-order valence-corrected chi connectivity index (χ1v) is 4.14. The van der Waals surface area contributed by atoms with Gasteiger partial charge in [-0.25, -0.2) is 0 Å². The lowest BCUT2D eigenvalue weighted by Crippen LogP contribution is -2.15. The first kappa shape index (κ1) is 10.7. The Morgan fingerprint density at radius 3 is 2.64 bits per heavy atom. The maximum atomic E-state index is 9.45. The maximum Gasteiger partial charge on any atom is 0.170 e. The molecular formula is C10H11NO3. The molecule has 0 saturated carbocycles. The topological polar surface area (TPSA) is 84.5 Å². The molecule has 0 radical (unpaired) electrons. The third-order valence-corrected chi connectivity index (χ3v) is 1.91. The molecule has 0 saturated heterocycles. The van der Waals surface area contributed by atoms with Crippen LogP contribution in [0.1, 0.15) is 17.2 Å². The summed E-state index contributed by atoms with van der Waals surface area (Å²) in [6.45, 7) is -0.136. The Morgan fingerprint density at radius 1 is 1.36 bits per heavy atom. The second kappa shape index (κ2) is 4.72. The van der Waals surface area contributed by atoms with Crippen molar-refractivity contribution in [3.63, 3.8) is 0 Å². The third kappa shape index (κ3) is 2.30. The second-order valence-corrected chi connectivity index (χ2v) is 2.92. The van der Waals surface area contributed by atoms with Gasteiger partial charge in [-0.3, -0.25) is 0 Å². The van der Waals surface area contributed by atoms with Gasteiger partial charge >= 0.3 is 0 Å². The Balaban J connectivity index is 2.90. The fourth-order valence-corrected chi connectivity index (χ4v) is 1.13. The third-order valence-electron chi connectivity index (χ3n) is 1.91. The molecule has 1 aromatic carbocycles. The van der Waals surface area contributed by atoms with E-state index in [-0.39, 0.29) is 6.61 Å². The smallest absolute Gasteiger partial charge is 0.170 e. The van der Waals surface area contributed by atoms with Gasteiger partial charge in [0, 0.05) is 0 Å². The summed E-state index contributed by atoms with van der Waals surface area (Å²) in [5.74, 6) is 0. The molecule has 0 aromatic heterocycles. The van der Waals surface area contributed by atoms with Crippen molar-refractivity contribution >= 4 is 0 Å². The van der Waals surface area contributed by atoms with E-state index in [1.165, 1.54) is 0 Å². The lowest BCUT2D eigenvalue weighted by molar-refractivity contribution is 0.0527. The minimum atomic E-state index is -1.44. The van der Waals surface area contributed by atoms with Gasteiger partial charge in [0.15, 0.2) is 6.10 Å². The summed E-state index contributed by atoms with van der Waals surface area (Å²) in [5.41, 5.74) is 1.05. The van der Waals surface area contributed by atoms with Crippen LogP contribution in [-0.2, 0) is 6.61 Å². The predicted molar refractivity (Wildman–Crippen MR) is 48.9 cm³/mol. The van der Waals surface area contributed by atoms with Gasteiger partial charge in [0.25, 0.3) is 0 Å². The van der Waals surface area contributed by atoms with E-state index >= 15 is 0 Å². The average molecular weight is 193 g/mol. The summed E-state index contributed by atoms with van der Waals surface area (Å²) in [6, 6.07) is 8.01. The predicted octanol–water partition coefficient (Wildman–Crippen LogP) is 0.0968. The van der Waals surface area contributed by atoms with Gasteiger partial charge in [0.2, 0.25) is 0 Å². The normalized spacial score (nSPS) is 14.4. The highest BCUT2D eigenvalue weighted by Crippen LogP contribution is 2.17. The number of aliphatic hydroxyl groups excluding tert-OH is 3. The zero-order valence-corrected chi connectivity index (χ0v) is 7.46. The summed E-state index contributed by atoms with van der Waals surface area (Å²) in [6.07, 6.45) is -2.67. The molecule has 0 aliphatic heterocycles. The Kier molecular flexibility index (Phi) is 3.60. The molecule has 1 rings (SSSR count). The van der Waals surface area contributed by atoms with Crippen molar-refractivity contribution in [1.29, 1.82) is 5.26 Å². The average Bonchev–Trinajstić information content (AvgIpc) is 2.27. The molecule has 74 valence electrons. The molecule has 0 spiro atoms. The minimum absolute atomic E-state index is 0.136. The molecule has 0 amide bonds. The molecule has 0 bridgehead atoms. The van der Waals surface area contributed by atoms with Crippen molar-refractivity contribution in [3.8, 4) is 6.07 Å². The molecule has 14 heavy (non-hydrogen) atoms. The van der Waals surface area contributed by atoms with Crippen molar-refractivity contribution in [3.05, 3.63) is 35.4 Å². The molecule has 2 unspecified atom stereocenters. The van der Waals surface area contributed by atoms with Gasteiger partial charge < -0.3 is 15.3 Å². The van der Waals surface area contributed by atoms with Crippen LogP contribution in [0.25, 0.3) is 0 Å². The highest BCUT2D eigenvalue weighted by molar-refractivity contribution is 5.26. The fraction of sp³-hybridized carbons (Fsp3) is 0.300. The van der Waals surface area contributed by atoms with Crippen molar-refractivity contribution in [2.24, 2.45) is 0 Å². The molecule has 2 atom stereocenters. The summed E-state index contributed by atoms with van der Waals surface area (Å²) in [4.78, 5) is 0. The Morgan fingerprint density at radius 2 is 2.07 bits per heavy atom. The number of benzene rings is 1. The molecule has 0 fully saturated rings. The number of nitriles is 1. The van der Waals surface area contributed by atoms with Crippen molar-refractivity contribution < 1.29 is 15.3 Å². The summed E-state index contributed by atoms with van der Waals surface area (Å²) >= 11 is 0. The number of nitrogens with zero attached hydrogens (tertiary/aromatic N) is 1.